The molecule has 2 aromatic rings. The molecule has 0 bridgehead atoms. The lowest BCUT2D eigenvalue weighted by atomic mass is 10.1. The normalized spacial score (nSPS) is 23.1. The molecule has 4 rings (SSSR count). The van der Waals surface area contributed by atoms with Crippen molar-refractivity contribution in [2.45, 2.75) is 17.7 Å². The van der Waals surface area contributed by atoms with Gasteiger partial charge in [0, 0.05) is 16.3 Å². The van der Waals surface area contributed by atoms with Crippen LogP contribution in [-0.4, -0.2) is 56.5 Å². The average molecular weight is 481 g/mol. The molecule has 2 fully saturated rings. The number of amidine groups is 1. The fourth-order valence-corrected chi connectivity index (χ4v) is 7.80. The molecule has 0 aliphatic carbocycles. The molecule has 10 heteroatoms. The summed E-state index contributed by atoms with van der Waals surface area (Å²) < 4.78 is 35.3. The van der Waals surface area contributed by atoms with Crippen molar-refractivity contribution in [3.05, 3.63) is 53.1 Å². The van der Waals surface area contributed by atoms with Gasteiger partial charge in [0.1, 0.15) is 11.5 Å². The molecule has 0 radical (unpaired) electrons. The van der Waals surface area contributed by atoms with Crippen molar-refractivity contribution in [3.8, 4) is 11.5 Å². The highest BCUT2D eigenvalue weighted by Crippen LogP contribution is 2.44. The van der Waals surface area contributed by atoms with E-state index < -0.39 is 9.84 Å². The van der Waals surface area contributed by atoms with Crippen LogP contribution >= 0.6 is 23.4 Å². The van der Waals surface area contributed by atoms with Crippen molar-refractivity contribution < 1.29 is 22.7 Å². The van der Waals surface area contributed by atoms with Crippen LogP contribution in [-0.2, 0) is 21.1 Å². The van der Waals surface area contributed by atoms with Crippen LogP contribution in [0.2, 0.25) is 5.02 Å². The van der Waals surface area contributed by atoms with Gasteiger partial charge in [0.15, 0.2) is 15.0 Å². The molecule has 0 N–H and O–H groups in total. The molecule has 31 heavy (non-hydrogen) atoms. The number of ether oxygens (including phenoxy) is 2. The Bertz CT molecular complexity index is 1130. The van der Waals surface area contributed by atoms with Crippen LogP contribution in [0.25, 0.3) is 0 Å². The lowest BCUT2D eigenvalue weighted by Crippen LogP contribution is -2.38. The van der Waals surface area contributed by atoms with Gasteiger partial charge in [-0.05, 0) is 29.8 Å². The lowest BCUT2D eigenvalue weighted by Gasteiger charge is -2.26. The average Bonchev–Trinajstić information content (AvgIpc) is 3.19. The van der Waals surface area contributed by atoms with Crippen molar-refractivity contribution in [2.75, 3.05) is 30.6 Å². The molecule has 2 heterocycles. The SMILES string of the molecule is COc1ccc(N2C(=NC(=O)Cc3ccc(Cl)cc3)S[C@@H]3CS(=O)(=O)C[C@@H]32)c(OC)c1. The van der Waals surface area contributed by atoms with Crippen LogP contribution in [0, 0.1) is 0 Å². The Labute approximate surface area is 190 Å². The lowest BCUT2D eigenvalue weighted by molar-refractivity contribution is -0.117. The number of hydrogen-bond acceptors (Lipinski definition) is 6. The van der Waals surface area contributed by atoms with E-state index in [0.717, 1.165) is 5.56 Å². The highest BCUT2D eigenvalue weighted by atomic mass is 35.5. The summed E-state index contributed by atoms with van der Waals surface area (Å²) in [6.45, 7) is 0. The smallest absolute Gasteiger partial charge is 0.252 e. The number of amides is 1. The molecule has 164 valence electrons. The van der Waals surface area contributed by atoms with E-state index in [1.807, 2.05) is 4.90 Å². The number of sulfone groups is 1. The number of nitrogens with zero attached hydrogens (tertiary/aromatic N) is 2. The van der Waals surface area contributed by atoms with Crippen LogP contribution in [0.4, 0.5) is 5.69 Å². The molecule has 0 unspecified atom stereocenters. The summed E-state index contributed by atoms with van der Waals surface area (Å²) in [5.41, 5.74) is 1.46. The number of anilines is 1. The van der Waals surface area contributed by atoms with E-state index in [4.69, 9.17) is 21.1 Å². The molecule has 7 nitrogen and oxygen atoms in total. The minimum absolute atomic E-state index is 0.00421. The van der Waals surface area contributed by atoms with E-state index in [1.54, 1.807) is 49.6 Å². The molecule has 0 spiro atoms. The van der Waals surface area contributed by atoms with Gasteiger partial charge >= 0.3 is 0 Å². The number of rotatable bonds is 5. The van der Waals surface area contributed by atoms with Crippen molar-refractivity contribution in [1.29, 1.82) is 0 Å². The topological polar surface area (TPSA) is 85.3 Å². The van der Waals surface area contributed by atoms with Gasteiger partial charge in [-0.25, -0.2) is 8.42 Å². The van der Waals surface area contributed by atoms with E-state index >= 15 is 0 Å². The third-order valence-corrected chi connectivity index (χ3v) is 8.66. The van der Waals surface area contributed by atoms with Crippen molar-refractivity contribution in [2.24, 2.45) is 4.99 Å². The number of methoxy groups -OCH3 is 2. The predicted molar refractivity (Wildman–Crippen MR) is 123 cm³/mol. The number of carbonyl (C=O) groups excluding carboxylic acids is 1. The van der Waals surface area contributed by atoms with Crippen LogP contribution in [0.1, 0.15) is 5.56 Å². The molecule has 2 atom stereocenters. The molecular weight excluding hydrogens is 460 g/mol. The van der Waals surface area contributed by atoms with Crippen LogP contribution in [0.15, 0.2) is 47.5 Å². The molecule has 0 saturated carbocycles. The summed E-state index contributed by atoms with van der Waals surface area (Å²) in [5.74, 6) is 0.875. The van der Waals surface area contributed by atoms with E-state index in [-0.39, 0.29) is 35.1 Å². The Kier molecular flexibility index (Phi) is 6.18. The summed E-state index contributed by atoms with van der Waals surface area (Å²) in [6, 6.07) is 12.0. The standard InChI is InChI=1S/C21H21ClN2O5S2/c1-28-15-7-8-16(18(10-15)29-2)24-17-11-31(26,27)12-19(17)30-21(24)23-20(25)9-13-3-5-14(22)6-4-13/h3-8,10,17,19H,9,11-12H2,1-2H3/t17-,19+/m0/s1. The number of aliphatic imine (C=N–C) groups is 1. The zero-order valence-corrected chi connectivity index (χ0v) is 19.3. The third kappa shape index (κ3) is 4.68. The zero-order chi connectivity index (χ0) is 22.2. The summed E-state index contributed by atoms with van der Waals surface area (Å²) in [7, 11) is -0.0716. The summed E-state index contributed by atoms with van der Waals surface area (Å²) >= 11 is 7.23. The Morgan fingerprint density at radius 3 is 2.58 bits per heavy atom. The first-order chi connectivity index (χ1) is 14.8. The van der Waals surface area contributed by atoms with E-state index in [2.05, 4.69) is 4.99 Å². The number of halogens is 1. The minimum Gasteiger partial charge on any atom is -0.497 e. The summed E-state index contributed by atoms with van der Waals surface area (Å²) in [4.78, 5) is 18.9. The number of hydrogen-bond donors (Lipinski definition) is 0. The maximum atomic E-state index is 12.7. The molecule has 2 aromatic carbocycles. The molecular formula is C21H21ClN2O5S2. The van der Waals surface area contributed by atoms with Crippen LogP contribution in [0.3, 0.4) is 0 Å². The van der Waals surface area contributed by atoms with E-state index in [9.17, 15) is 13.2 Å². The van der Waals surface area contributed by atoms with Crippen molar-refractivity contribution >= 4 is 50.0 Å². The summed E-state index contributed by atoms with van der Waals surface area (Å²) in [6.07, 6.45) is 0.127. The maximum absolute atomic E-state index is 12.7. The molecule has 2 saturated heterocycles. The Morgan fingerprint density at radius 2 is 1.90 bits per heavy atom. The first kappa shape index (κ1) is 22.0. The molecule has 2 aliphatic heterocycles. The van der Waals surface area contributed by atoms with Gasteiger partial charge in [-0.3, -0.25) is 4.79 Å². The maximum Gasteiger partial charge on any atom is 0.252 e. The number of fused-ring (bicyclic) bond motifs is 1. The fourth-order valence-electron chi connectivity index (χ4n) is 3.75. The number of benzene rings is 2. The van der Waals surface area contributed by atoms with E-state index in [1.165, 1.54) is 18.9 Å². The third-order valence-electron chi connectivity index (χ3n) is 5.20. The number of thioether (sulfide) groups is 1. The van der Waals surface area contributed by atoms with Crippen LogP contribution < -0.4 is 14.4 Å². The van der Waals surface area contributed by atoms with Gasteiger partial charge in [0.05, 0.1) is 43.9 Å². The van der Waals surface area contributed by atoms with Gasteiger partial charge in [0.25, 0.3) is 5.91 Å². The monoisotopic (exact) mass is 480 g/mol. The van der Waals surface area contributed by atoms with E-state index in [0.29, 0.717) is 27.4 Å². The predicted octanol–water partition coefficient (Wildman–Crippen LogP) is 3.20. The highest BCUT2D eigenvalue weighted by molar-refractivity contribution is 8.16. The fraction of sp³-hybridized carbons (Fsp3) is 0.333. The van der Waals surface area contributed by atoms with Gasteiger partial charge in [0.2, 0.25) is 0 Å². The summed E-state index contributed by atoms with van der Waals surface area (Å²) in [5, 5.41) is 0.881. The van der Waals surface area contributed by atoms with Gasteiger partial charge in [-0.2, -0.15) is 4.99 Å². The van der Waals surface area contributed by atoms with Gasteiger partial charge in [-0.1, -0.05) is 35.5 Å². The molecule has 1 amide bonds. The zero-order valence-electron chi connectivity index (χ0n) is 16.9. The second-order valence-corrected chi connectivity index (χ2v) is 11.1. The number of carbonyl (C=O) groups is 1. The second kappa shape index (κ2) is 8.72. The van der Waals surface area contributed by atoms with Crippen LogP contribution in [0.5, 0.6) is 11.5 Å². The molecule has 2 aliphatic rings. The van der Waals surface area contributed by atoms with Crippen molar-refractivity contribution in [3.63, 3.8) is 0 Å². The highest BCUT2D eigenvalue weighted by Gasteiger charge is 2.50. The van der Waals surface area contributed by atoms with Gasteiger partial charge < -0.3 is 14.4 Å². The minimum atomic E-state index is -3.16. The largest absolute Gasteiger partial charge is 0.497 e. The Hall–Kier alpha value is -2.23. The quantitative estimate of drug-likeness (QED) is 0.649. The second-order valence-electron chi connectivity index (χ2n) is 7.30. The molecule has 0 aromatic heterocycles. The van der Waals surface area contributed by atoms with Crippen molar-refractivity contribution in [1.82, 2.24) is 0 Å². The van der Waals surface area contributed by atoms with Gasteiger partial charge in [-0.15, -0.1) is 0 Å². The Morgan fingerprint density at radius 1 is 1.16 bits per heavy atom. The Balaban J connectivity index is 1.69. The first-order valence-corrected chi connectivity index (χ1v) is 12.6. The first-order valence-electron chi connectivity index (χ1n) is 9.54.